The van der Waals surface area contributed by atoms with Gasteiger partial charge in [-0.2, -0.15) is 0 Å². The third-order valence-electron chi connectivity index (χ3n) is 4.95. The molecule has 1 aliphatic rings. The van der Waals surface area contributed by atoms with Gasteiger partial charge in [-0.25, -0.2) is 9.18 Å². The van der Waals surface area contributed by atoms with Gasteiger partial charge in [0.05, 0.1) is 18.3 Å². The lowest BCUT2D eigenvalue weighted by atomic mass is 9.94. The average molecular weight is 356 g/mol. The van der Waals surface area contributed by atoms with Crippen LogP contribution in [0.25, 0.3) is 0 Å². The second kappa shape index (κ2) is 8.81. The summed E-state index contributed by atoms with van der Waals surface area (Å²) >= 11 is 0. The highest BCUT2D eigenvalue weighted by Gasteiger charge is 2.28. The Morgan fingerprint density at radius 1 is 1.08 bits per heavy atom. The molecule has 0 saturated heterocycles. The quantitative estimate of drug-likeness (QED) is 0.814. The van der Waals surface area contributed by atoms with Crippen LogP contribution in [0, 0.1) is 5.82 Å². The number of aliphatic hydroxyl groups is 1. The number of hydrogen-bond acceptors (Lipinski definition) is 2. The van der Waals surface area contributed by atoms with E-state index in [1.807, 2.05) is 30.3 Å². The fourth-order valence-electron chi connectivity index (χ4n) is 3.51. The molecule has 0 heterocycles. The topological polar surface area (TPSA) is 52.6 Å². The second-order valence-electron chi connectivity index (χ2n) is 6.78. The van der Waals surface area contributed by atoms with Gasteiger partial charge in [-0.1, -0.05) is 61.7 Å². The number of carbonyl (C=O) groups is 1. The molecule has 1 atom stereocenters. The van der Waals surface area contributed by atoms with Crippen molar-refractivity contribution in [1.82, 2.24) is 4.90 Å². The zero-order valence-electron chi connectivity index (χ0n) is 14.8. The molecule has 0 spiro atoms. The Hall–Kier alpha value is -2.40. The van der Waals surface area contributed by atoms with Gasteiger partial charge in [-0.05, 0) is 30.5 Å². The molecule has 2 N–H and O–H groups in total. The van der Waals surface area contributed by atoms with Gasteiger partial charge in [0, 0.05) is 6.04 Å². The van der Waals surface area contributed by atoms with Gasteiger partial charge in [-0.15, -0.1) is 0 Å². The Morgan fingerprint density at radius 2 is 1.73 bits per heavy atom. The highest BCUT2D eigenvalue weighted by Crippen LogP contribution is 2.26. The standard InChI is InChI=1S/C21H25FN2O2/c22-18-13-7-8-14-19(18)23-21(26)24(17-11-5-2-6-12-17)15-20(25)16-9-3-1-4-10-16/h1,3-4,7-10,13-14,17,20,25H,2,5-6,11-12,15H2,(H,23,26)/t20-/m1/s1. The number of para-hydroxylation sites is 1. The first kappa shape index (κ1) is 18.4. The van der Waals surface area contributed by atoms with Crippen LogP contribution in [0.15, 0.2) is 54.6 Å². The lowest BCUT2D eigenvalue weighted by Crippen LogP contribution is -2.46. The number of rotatable bonds is 5. The van der Waals surface area contributed by atoms with Crippen LogP contribution in [0.1, 0.15) is 43.8 Å². The molecule has 138 valence electrons. The van der Waals surface area contributed by atoms with Crippen LogP contribution < -0.4 is 5.32 Å². The third kappa shape index (κ3) is 4.61. The van der Waals surface area contributed by atoms with Crippen LogP contribution in [0.5, 0.6) is 0 Å². The van der Waals surface area contributed by atoms with Crippen LogP contribution in [0.3, 0.4) is 0 Å². The molecular weight excluding hydrogens is 331 g/mol. The van der Waals surface area contributed by atoms with Gasteiger partial charge in [0.15, 0.2) is 0 Å². The maximum Gasteiger partial charge on any atom is 0.322 e. The van der Waals surface area contributed by atoms with E-state index in [1.54, 1.807) is 23.1 Å². The van der Waals surface area contributed by atoms with Crippen LogP contribution in [-0.2, 0) is 0 Å². The van der Waals surface area contributed by atoms with E-state index >= 15 is 0 Å². The predicted octanol–water partition coefficient (Wildman–Crippen LogP) is 4.73. The summed E-state index contributed by atoms with van der Waals surface area (Å²) in [6.45, 7) is 0.189. The molecule has 1 saturated carbocycles. The molecule has 0 radical (unpaired) electrons. The zero-order chi connectivity index (χ0) is 18.4. The molecule has 2 amide bonds. The average Bonchev–Trinajstić information content (AvgIpc) is 2.69. The van der Waals surface area contributed by atoms with E-state index in [0.717, 1.165) is 31.2 Å². The molecule has 0 aliphatic heterocycles. The Balaban J connectivity index is 1.76. The van der Waals surface area contributed by atoms with Crippen molar-refractivity contribution < 1.29 is 14.3 Å². The van der Waals surface area contributed by atoms with Gasteiger partial charge in [0.25, 0.3) is 0 Å². The largest absolute Gasteiger partial charge is 0.387 e. The monoisotopic (exact) mass is 356 g/mol. The van der Waals surface area contributed by atoms with Crippen molar-refractivity contribution in [2.24, 2.45) is 0 Å². The highest BCUT2D eigenvalue weighted by molar-refractivity contribution is 5.89. The first-order valence-corrected chi connectivity index (χ1v) is 9.20. The number of nitrogens with one attached hydrogen (secondary N) is 1. The predicted molar refractivity (Wildman–Crippen MR) is 100 cm³/mol. The van der Waals surface area contributed by atoms with Gasteiger partial charge < -0.3 is 15.3 Å². The number of benzene rings is 2. The Morgan fingerprint density at radius 3 is 2.42 bits per heavy atom. The van der Waals surface area contributed by atoms with Gasteiger partial charge >= 0.3 is 6.03 Å². The first-order chi connectivity index (χ1) is 12.6. The number of nitrogens with zero attached hydrogens (tertiary/aromatic N) is 1. The summed E-state index contributed by atoms with van der Waals surface area (Å²) in [6, 6.07) is 15.1. The van der Waals surface area contributed by atoms with Crippen molar-refractivity contribution in [3.05, 3.63) is 66.0 Å². The summed E-state index contributed by atoms with van der Waals surface area (Å²) < 4.78 is 13.9. The molecule has 26 heavy (non-hydrogen) atoms. The third-order valence-corrected chi connectivity index (χ3v) is 4.95. The van der Waals surface area contributed by atoms with Crippen LogP contribution >= 0.6 is 0 Å². The van der Waals surface area contributed by atoms with Crippen molar-refractivity contribution >= 4 is 11.7 Å². The van der Waals surface area contributed by atoms with Crippen molar-refractivity contribution in [2.45, 2.75) is 44.2 Å². The van der Waals surface area contributed by atoms with Crippen molar-refractivity contribution in [1.29, 1.82) is 0 Å². The molecule has 0 unspecified atom stereocenters. The van der Waals surface area contributed by atoms with E-state index in [4.69, 9.17) is 0 Å². The van der Waals surface area contributed by atoms with E-state index in [9.17, 15) is 14.3 Å². The van der Waals surface area contributed by atoms with Crippen molar-refractivity contribution in [2.75, 3.05) is 11.9 Å². The molecule has 0 bridgehead atoms. The molecule has 4 nitrogen and oxygen atoms in total. The Bertz CT molecular complexity index is 717. The van der Waals surface area contributed by atoms with E-state index in [2.05, 4.69) is 5.32 Å². The maximum atomic E-state index is 13.9. The fourth-order valence-corrected chi connectivity index (χ4v) is 3.51. The lowest BCUT2D eigenvalue weighted by Gasteiger charge is -2.35. The number of anilines is 1. The minimum Gasteiger partial charge on any atom is -0.387 e. The summed E-state index contributed by atoms with van der Waals surface area (Å²) in [5, 5.41) is 13.3. The molecule has 0 aromatic heterocycles. The smallest absolute Gasteiger partial charge is 0.322 e. The maximum absolute atomic E-state index is 13.9. The fraction of sp³-hybridized carbons (Fsp3) is 0.381. The van der Waals surface area contributed by atoms with Gasteiger partial charge in [0.1, 0.15) is 5.82 Å². The van der Waals surface area contributed by atoms with Crippen molar-refractivity contribution in [3.8, 4) is 0 Å². The van der Waals surface area contributed by atoms with E-state index in [-0.39, 0.29) is 24.3 Å². The first-order valence-electron chi connectivity index (χ1n) is 9.20. The van der Waals surface area contributed by atoms with E-state index < -0.39 is 11.9 Å². The summed E-state index contributed by atoms with van der Waals surface area (Å²) in [5.74, 6) is -0.465. The highest BCUT2D eigenvalue weighted by atomic mass is 19.1. The van der Waals surface area contributed by atoms with Crippen molar-refractivity contribution in [3.63, 3.8) is 0 Å². The Labute approximate surface area is 153 Å². The van der Waals surface area contributed by atoms with E-state index in [0.29, 0.717) is 0 Å². The van der Waals surface area contributed by atoms with Gasteiger partial charge in [-0.3, -0.25) is 0 Å². The molecule has 1 aliphatic carbocycles. The van der Waals surface area contributed by atoms with Crippen LogP contribution in [-0.4, -0.2) is 28.6 Å². The normalized spacial score (nSPS) is 16.1. The molecule has 1 fully saturated rings. The van der Waals surface area contributed by atoms with Crippen LogP contribution in [0.2, 0.25) is 0 Å². The number of hydrogen-bond donors (Lipinski definition) is 2. The summed E-state index contributed by atoms with van der Waals surface area (Å²) in [4.78, 5) is 14.5. The van der Waals surface area contributed by atoms with E-state index in [1.165, 1.54) is 12.5 Å². The molecule has 2 aromatic rings. The molecule has 5 heteroatoms. The number of aliphatic hydroxyl groups excluding tert-OH is 1. The number of urea groups is 1. The summed E-state index contributed by atoms with van der Waals surface area (Å²) in [5.41, 5.74) is 0.930. The molecule has 2 aromatic carbocycles. The van der Waals surface area contributed by atoms with Gasteiger partial charge in [0.2, 0.25) is 0 Å². The SMILES string of the molecule is O=C(Nc1ccccc1F)N(C[C@@H](O)c1ccccc1)C1CCCCC1. The number of carbonyl (C=O) groups excluding carboxylic acids is 1. The minimum atomic E-state index is -0.774. The Kier molecular flexibility index (Phi) is 6.23. The molecular formula is C21H25FN2O2. The van der Waals surface area contributed by atoms with Crippen LogP contribution in [0.4, 0.5) is 14.9 Å². The minimum absolute atomic E-state index is 0.0638. The summed E-state index contributed by atoms with van der Waals surface area (Å²) in [7, 11) is 0. The summed E-state index contributed by atoms with van der Waals surface area (Å²) in [6.07, 6.45) is 4.34. The lowest BCUT2D eigenvalue weighted by molar-refractivity contribution is 0.0956. The zero-order valence-corrected chi connectivity index (χ0v) is 14.8. The second-order valence-corrected chi connectivity index (χ2v) is 6.78. The number of halogens is 1. The number of amides is 2. The molecule has 3 rings (SSSR count).